The Kier molecular flexibility index (Phi) is 3.66. The van der Waals surface area contributed by atoms with Crippen LogP contribution in [0.25, 0.3) is 0 Å². The van der Waals surface area contributed by atoms with Crippen molar-refractivity contribution in [2.75, 3.05) is 5.32 Å². The fourth-order valence-electron chi connectivity index (χ4n) is 1.55. The van der Waals surface area contributed by atoms with Crippen molar-refractivity contribution in [3.05, 3.63) is 36.2 Å². The Morgan fingerprint density at radius 1 is 1.33 bits per heavy atom. The summed E-state index contributed by atoms with van der Waals surface area (Å²) in [7, 11) is 0. The first-order valence-electron chi connectivity index (χ1n) is 5.76. The van der Waals surface area contributed by atoms with Crippen LogP contribution in [0.2, 0.25) is 0 Å². The van der Waals surface area contributed by atoms with Crippen LogP contribution in [0.4, 0.5) is 5.69 Å². The largest absolute Gasteiger partial charge is 0.324 e. The number of rotatable bonds is 4. The number of anilines is 1. The molecule has 6 heteroatoms. The third-order valence-corrected chi connectivity index (χ3v) is 2.56. The van der Waals surface area contributed by atoms with E-state index in [9.17, 15) is 4.79 Å². The SMILES string of the molecule is CC(C)c1ccc(NC(=O)Cn2cnnn2)cc1. The van der Waals surface area contributed by atoms with Crippen molar-refractivity contribution in [3.8, 4) is 0 Å². The highest BCUT2D eigenvalue weighted by Crippen LogP contribution is 2.16. The zero-order chi connectivity index (χ0) is 13.0. The molecule has 0 saturated carbocycles. The van der Waals surface area contributed by atoms with Crippen LogP contribution in [-0.2, 0) is 11.3 Å². The molecule has 0 aliphatic heterocycles. The number of carbonyl (C=O) groups is 1. The highest BCUT2D eigenvalue weighted by Gasteiger charge is 2.05. The van der Waals surface area contributed by atoms with E-state index < -0.39 is 0 Å². The highest BCUT2D eigenvalue weighted by molar-refractivity contribution is 5.90. The summed E-state index contributed by atoms with van der Waals surface area (Å²) in [4.78, 5) is 11.7. The second kappa shape index (κ2) is 5.39. The van der Waals surface area contributed by atoms with Crippen LogP contribution < -0.4 is 5.32 Å². The smallest absolute Gasteiger partial charge is 0.246 e. The lowest BCUT2D eigenvalue weighted by Crippen LogP contribution is -2.19. The number of carbonyl (C=O) groups excluding carboxylic acids is 1. The maximum Gasteiger partial charge on any atom is 0.246 e. The van der Waals surface area contributed by atoms with Crippen molar-refractivity contribution < 1.29 is 4.79 Å². The quantitative estimate of drug-likeness (QED) is 0.884. The van der Waals surface area contributed by atoms with Crippen LogP contribution in [0.5, 0.6) is 0 Å². The number of hydrogen-bond acceptors (Lipinski definition) is 4. The Morgan fingerprint density at radius 2 is 2.06 bits per heavy atom. The molecule has 0 unspecified atom stereocenters. The van der Waals surface area contributed by atoms with E-state index in [2.05, 4.69) is 34.7 Å². The van der Waals surface area contributed by atoms with E-state index in [4.69, 9.17) is 0 Å². The molecule has 0 atom stereocenters. The molecule has 1 N–H and O–H groups in total. The van der Waals surface area contributed by atoms with Crippen molar-refractivity contribution in [2.24, 2.45) is 0 Å². The zero-order valence-corrected chi connectivity index (χ0v) is 10.4. The fraction of sp³-hybridized carbons (Fsp3) is 0.333. The third-order valence-electron chi connectivity index (χ3n) is 2.56. The van der Waals surface area contributed by atoms with Crippen LogP contribution in [0.15, 0.2) is 30.6 Å². The number of nitrogens with zero attached hydrogens (tertiary/aromatic N) is 4. The van der Waals surface area contributed by atoms with E-state index in [1.165, 1.54) is 16.6 Å². The van der Waals surface area contributed by atoms with Crippen LogP contribution >= 0.6 is 0 Å². The Bertz CT molecular complexity index is 504. The Morgan fingerprint density at radius 3 is 2.61 bits per heavy atom. The molecule has 1 heterocycles. The van der Waals surface area contributed by atoms with Gasteiger partial charge in [-0.05, 0) is 34.0 Å². The summed E-state index contributed by atoms with van der Waals surface area (Å²) in [6.07, 6.45) is 1.40. The first kappa shape index (κ1) is 12.2. The molecule has 2 aromatic rings. The van der Waals surface area contributed by atoms with Gasteiger partial charge in [0.15, 0.2) is 0 Å². The van der Waals surface area contributed by atoms with Crippen molar-refractivity contribution >= 4 is 11.6 Å². The lowest BCUT2D eigenvalue weighted by molar-refractivity contribution is -0.116. The topological polar surface area (TPSA) is 72.7 Å². The zero-order valence-electron chi connectivity index (χ0n) is 10.4. The van der Waals surface area contributed by atoms with Crippen molar-refractivity contribution in [1.29, 1.82) is 0 Å². The highest BCUT2D eigenvalue weighted by atomic mass is 16.2. The minimum atomic E-state index is -0.153. The van der Waals surface area contributed by atoms with Gasteiger partial charge in [-0.1, -0.05) is 26.0 Å². The van der Waals surface area contributed by atoms with Gasteiger partial charge in [-0.3, -0.25) is 4.79 Å². The molecule has 1 aromatic heterocycles. The lowest BCUT2D eigenvalue weighted by Gasteiger charge is -2.08. The number of tetrazole rings is 1. The second-order valence-corrected chi connectivity index (χ2v) is 4.33. The summed E-state index contributed by atoms with van der Waals surface area (Å²) >= 11 is 0. The Labute approximate surface area is 105 Å². The molecule has 6 nitrogen and oxygen atoms in total. The summed E-state index contributed by atoms with van der Waals surface area (Å²) in [5.74, 6) is 0.329. The van der Waals surface area contributed by atoms with E-state index in [-0.39, 0.29) is 12.5 Å². The van der Waals surface area contributed by atoms with Crippen molar-refractivity contribution in [1.82, 2.24) is 20.2 Å². The number of amides is 1. The van der Waals surface area contributed by atoms with Crippen molar-refractivity contribution in [3.63, 3.8) is 0 Å². The molecule has 2 rings (SSSR count). The third kappa shape index (κ3) is 3.13. The number of aromatic nitrogens is 4. The molecule has 0 bridgehead atoms. The van der Waals surface area contributed by atoms with Crippen LogP contribution in [0, 0.1) is 0 Å². The average Bonchev–Trinajstić information content (AvgIpc) is 2.82. The second-order valence-electron chi connectivity index (χ2n) is 4.33. The van der Waals surface area contributed by atoms with E-state index in [1.807, 2.05) is 24.3 Å². The van der Waals surface area contributed by atoms with Gasteiger partial charge < -0.3 is 5.32 Å². The maximum atomic E-state index is 11.7. The van der Waals surface area contributed by atoms with Gasteiger partial charge in [0.05, 0.1) is 0 Å². The summed E-state index contributed by atoms with van der Waals surface area (Å²) in [6, 6.07) is 7.81. The first-order valence-corrected chi connectivity index (χ1v) is 5.76. The summed E-state index contributed by atoms with van der Waals surface area (Å²) < 4.78 is 1.37. The van der Waals surface area contributed by atoms with E-state index in [0.717, 1.165) is 5.69 Å². The molecule has 0 spiro atoms. The molecule has 1 amide bonds. The van der Waals surface area contributed by atoms with Crippen LogP contribution in [0.1, 0.15) is 25.3 Å². The molecular weight excluding hydrogens is 230 g/mol. The van der Waals surface area contributed by atoms with E-state index in [0.29, 0.717) is 5.92 Å². The van der Waals surface area contributed by atoms with Gasteiger partial charge in [0.2, 0.25) is 5.91 Å². The molecule has 0 radical (unpaired) electrons. The van der Waals surface area contributed by atoms with Crippen LogP contribution in [0.3, 0.4) is 0 Å². The molecule has 0 aliphatic carbocycles. The van der Waals surface area contributed by atoms with Gasteiger partial charge in [-0.2, -0.15) is 0 Å². The van der Waals surface area contributed by atoms with Crippen molar-refractivity contribution in [2.45, 2.75) is 26.3 Å². The molecule has 0 aliphatic rings. The van der Waals surface area contributed by atoms with Gasteiger partial charge in [-0.25, -0.2) is 4.68 Å². The monoisotopic (exact) mass is 245 g/mol. The molecule has 0 saturated heterocycles. The molecule has 18 heavy (non-hydrogen) atoms. The molecule has 1 aromatic carbocycles. The lowest BCUT2D eigenvalue weighted by atomic mass is 10.0. The predicted octanol–water partition coefficient (Wildman–Crippen LogP) is 1.44. The standard InChI is InChI=1S/C12H15N5O/c1-9(2)10-3-5-11(6-4-10)14-12(18)7-17-8-13-15-16-17/h3-6,8-9H,7H2,1-2H3,(H,14,18). The van der Waals surface area contributed by atoms with Gasteiger partial charge in [0, 0.05) is 5.69 Å². The first-order chi connectivity index (χ1) is 8.65. The van der Waals surface area contributed by atoms with Gasteiger partial charge >= 0.3 is 0 Å². The normalized spacial score (nSPS) is 10.6. The molecule has 0 fully saturated rings. The maximum absolute atomic E-state index is 11.7. The summed E-state index contributed by atoms with van der Waals surface area (Å²) in [5, 5.41) is 13.4. The van der Waals surface area contributed by atoms with Gasteiger partial charge in [0.1, 0.15) is 12.9 Å². The number of benzene rings is 1. The Balaban J connectivity index is 1.95. The number of nitrogens with one attached hydrogen (secondary N) is 1. The fourth-order valence-corrected chi connectivity index (χ4v) is 1.55. The minimum Gasteiger partial charge on any atom is -0.324 e. The summed E-state index contributed by atoms with van der Waals surface area (Å²) in [6.45, 7) is 4.37. The van der Waals surface area contributed by atoms with E-state index >= 15 is 0 Å². The minimum absolute atomic E-state index is 0.110. The van der Waals surface area contributed by atoms with Gasteiger partial charge in [0.25, 0.3) is 0 Å². The summed E-state index contributed by atoms with van der Waals surface area (Å²) in [5.41, 5.74) is 2.02. The van der Waals surface area contributed by atoms with Crippen LogP contribution in [-0.4, -0.2) is 26.1 Å². The molecule has 94 valence electrons. The van der Waals surface area contributed by atoms with Gasteiger partial charge in [-0.15, -0.1) is 5.10 Å². The average molecular weight is 245 g/mol. The molecular formula is C12H15N5O. The number of hydrogen-bond donors (Lipinski definition) is 1. The van der Waals surface area contributed by atoms with E-state index in [1.54, 1.807) is 0 Å². The predicted molar refractivity (Wildman–Crippen MR) is 67.0 cm³/mol. The Hall–Kier alpha value is -2.24.